The third kappa shape index (κ3) is 10.5. The number of carbonyl (C=O) groups excluding carboxylic acids is 1. The van der Waals surface area contributed by atoms with Crippen LogP contribution in [0, 0.1) is 0 Å². The standard InChI is InChI=1S/2C6H13.CHO.Al/c2*1-3-5-6-4-2;1-2;/h2*1,3-6H2,2H3;1H;. The van der Waals surface area contributed by atoms with Crippen LogP contribution in [0.5, 0.6) is 0 Å². The van der Waals surface area contributed by atoms with Gasteiger partial charge in [0.2, 0.25) is 0 Å². The molecule has 0 aromatic heterocycles. The molecule has 0 saturated carbocycles. The summed E-state index contributed by atoms with van der Waals surface area (Å²) in [6.07, 6.45) is 10.6. The van der Waals surface area contributed by atoms with Gasteiger partial charge in [0.15, 0.2) is 0 Å². The van der Waals surface area contributed by atoms with E-state index in [-0.39, 0.29) is 0 Å². The Morgan fingerprint density at radius 3 is 1.60 bits per heavy atom. The van der Waals surface area contributed by atoms with Gasteiger partial charge in [-0.15, -0.1) is 0 Å². The van der Waals surface area contributed by atoms with Crippen molar-refractivity contribution in [1.82, 2.24) is 0 Å². The van der Waals surface area contributed by atoms with Crippen molar-refractivity contribution in [2.24, 2.45) is 0 Å². The average molecular weight is 226 g/mol. The molecule has 0 amide bonds. The highest BCUT2D eigenvalue weighted by atomic mass is 27.2. The second kappa shape index (κ2) is 12.3. The monoisotopic (exact) mass is 226 g/mol. The first-order chi connectivity index (χ1) is 7.35. The van der Waals surface area contributed by atoms with Gasteiger partial charge in [-0.25, -0.2) is 0 Å². The lowest BCUT2D eigenvalue weighted by molar-refractivity contribution is 0.566. The zero-order valence-electron chi connectivity index (χ0n) is 10.6. The molecule has 0 aromatic rings. The Morgan fingerprint density at radius 2 is 1.27 bits per heavy atom. The zero-order valence-corrected chi connectivity index (χ0v) is 11.8. The van der Waals surface area contributed by atoms with E-state index in [0.29, 0.717) is 0 Å². The fraction of sp³-hybridized carbons (Fsp3) is 0.923. The minimum absolute atomic E-state index is 0.979. The van der Waals surface area contributed by atoms with Gasteiger partial charge in [0.1, 0.15) is 0 Å². The molecule has 0 bridgehead atoms. The first-order valence-corrected chi connectivity index (χ1v) is 9.10. The van der Waals surface area contributed by atoms with Crippen molar-refractivity contribution in [3.63, 3.8) is 0 Å². The third-order valence-electron chi connectivity index (χ3n) is 3.05. The summed E-state index contributed by atoms with van der Waals surface area (Å²) in [6.45, 7) is 4.47. The molecule has 88 valence electrons. The van der Waals surface area contributed by atoms with Crippen LogP contribution in [0.2, 0.25) is 10.6 Å². The van der Waals surface area contributed by atoms with Gasteiger partial charge in [0.25, 0.3) is 0 Å². The van der Waals surface area contributed by atoms with E-state index in [9.17, 15) is 4.79 Å². The van der Waals surface area contributed by atoms with Gasteiger partial charge < -0.3 is 4.79 Å². The van der Waals surface area contributed by atoms with Crippen molar-refractivity contribution in [1.29, 1.82) is 0 Å². The van der Waals surface area contributed by atoms with Gasteiger partial charge >= 0.3 is 14.1 Å². The van der Waals surface area contributed by atoms with Crippen LogP contribution < -0.4 is 0 Å². The van der Waals surface area contributed by atoms with Gasteiger partial charge in [0, 0.05) is 5.15 Å². The third-order valence-corrected chi connectivity index (χ3v) is 5.73. The van der Waals surface area contributed by atoms with Crippen LogP contribution in [0.3, 0.4) is 0 Å². The topological polar surface area (TPSA) is 17.1 Å². The molecule has 0 spiro atoms. The Bertz CT molecular complexity index is 124. The number of unbranched alkanes of at least 4 members (excludes halogenated alkanes) is 6. The normalized spacial score (nSPS) is 10.3. The molecular weight excluding hydrogens is 199 g/mol. The van der Waals surface area contributed by atoms with Crippen LogP contribution in [0.1, 0.15) is 65.2 Å². The van der Waals surface area contributed by atoms with Gasteiger partial charge in [-0.2, -0.15) is 0 Å². The fourth-order valence-electron chi connectivity index (χ4n) is 1.95. The molecule has 0 rings (SSSR count). The summed E-state index contributed by atoms with van der Waals surface area (Å²) < 4.78 is 0. The molecule has 0 fully saturated rings. The van der Waals surface area contributed by atoms with Gasteiger partial charge in [-0.1, -0.05) is 75.8 Å². The van der Waals surface area contributed by atoms with Crippen LogP contribution in [0.4, 0.5) is 0 Å². The number of hydrogen-bond acceptors (Lipinski definition) is 1. The maximum atomic E-state index is 10.9. The van der Waals surface area contributed by atoms with Gasteiger partial charge in [0.05, 0.1) is 0 Å². The number of hydrogen-bond donors (Lipinski definition) is 0. The molecule has 2 heteroatoms. The highest BCUT2D eigenvalue weighted by Crippen LogP contribution is 2.11. The number of rotatable bonds is 11. The predicted molar refractivity (Wildman–Crippen MR) is 70.4 cm³/mol. The molecule has 0 aliphatic carbocycles. The maximum absolute atomic E-state index is 10.9. The average Bonchev–Trinajstić information content (AvgIpc) is 2.27. The van der Waals surface area contributed by atoms with Crippen LogP contribution in [0.15, 0.2) is 0 Å². The smallest absolute Gasteiger partial charge is 0.324 e. The lowest BCUT2D eigenvalue weighted by Gasteiger charge is -2.04. The van der Waals surface area contributed by atoms with E-state index in [2.05, 4.69) is 13.8 Å². The first-order valence-electron chi connectivity index (χ1n) is 6.80. The molecular formula is C13H27AlO. The quantitative estimate of drug-likeness (QED) is 0.290. The van der Waals surface area contributed by atoms with Crippen molar-refractivity contribution >= 4 is 19.3 Å². The van der Waals surface area contributed by atoms with Crippen LogP contribution in [-0.4, -0.2) is 19.3 Å². The molecule has 0 aliphatic heterocycles. The summed E-state index contributed by atoms with van der Waals surface area (Å²) in [7, 11) is 0. The van der Waals surface area contributed by atoms with Crippen LogP contribution in [-0.2, 0) is 4.79 Å². The molecule has 0 radical (unpaired) electrons. The van der Waals surface area contributed by atoms with Crippen molar-refractivity contribution < 1.29 is 4.79 Å². The molecule has 0 aliphatic rings. The molecule has 0 aromatic carbocycles. The van der Waals surface area contributed by atoms with Gasteiger partial charge in [-0.05, 0) is 0 Å². The van der Waals surface area contributed by atoms with E-state index >= 15 is 0 Å². The van der Waals surface area contributed by atoms with Crippen molar-refractivity contribution in [3.05, 3.63) is 0 Å². The summed E-state index contributed by atoms with van der Waals surface area (Å²) in [5, 5.41) is 3.84. The molecule has 0 unspecified atom stereocenters. The molecule has 0 saturated heterocycles. The lowest BCUT2D eigenvalue weighted by atomic mass is 10.2. The lowest BCUT2D eigenvalue weighted by Crippen LogP contribution is -2.14. The van der Waals surface area contributed by atoms with Crippen LogP contribution in [0.25, 0.3) is 0 Å². The zero-order chi connectivity index (χ0) is 11.4. The minimum atomic E-state index is -0.979. The van der Waals surface area contributed by atoms with Crippen LogP contribution >= 0.6 is 0 Å². The Labute approximate surface area is 100 Å². The summed E-state index contributed by atoms with van der Waals surface area (Å²) in [5.74, 6) is 0. The van der Waals surface area contributed by atoms with E-state index in [0.717, 1.165) is 0 Å². The SMILES string of the molecule is CCCCC[CH2][Al]([CH]=O)[CH2]CCCCC. The van der Waals surface area contributed by atoms with E-state index in [1.807, 2.05) is 0 Å². The second-order valence-electron chi connectivity index (χ2n) is 4.59. The molecule has 1 nitrogen and oxygen atoms in total. The Hall–Kier alpha value is 0.202. The molecule has 0 atom stereocenters. The van der Waals surface area contributed by atoms with Gasteiger partial charge in [-0.3, -0.25) is 0 Å². The highest BCUT2D eigenvalue weighted by molar-refractivity contribution is 6.84. The second-order valence-corrected chi connectivity index (χ2v) is 7.54. The fourth-order valence-corrected chi connectivity index (χ4v) is 4.13. The predicted octanol–water partition coefficient (Wildman–Crippen LogP) is 4.41. The van der Waals surface area contributed by atoms with Crippen molar-refractivity contribution in [2.45, 2.75) is 75.8 Å². The highest BCUT2D eigenvalue weighted by Gasteiger charge is 2.15. The largest absolute Gasteiger partial charge is 0.360 e. The van der Waals surface area contributed by atoms with Crippen molar-refractivity contribution in [2.75, 3.05) is 0 Å². The van der Waals surface area contributed by atoms with E-state index < -0.39 is 14.1 Å². The molecule has 0 N–H and O–H groups in total. The van der Waals surface area contributed by atoms with E-state index in [1.54, 1.807) is 0 Å². The summed E-state index contributed by atoms with van der Waals surface area (Å²) in [5.41, 5.74) is 0. The Kier molecular flexibility index (Phi) is 12.4. The molecule has 15 heavy (non-hydrogen) atoms. The number of carbonyl (C=O) groups is 1. The van der Waals surface area contributed by atoms with E-state index in [4.69, 9.17) is 0 Å². The summed E-state index contributed by atoms with van der Waals surface area (Å²) in [6, 6.07) is 0. The van der Waals surface area contributed by atoms with Crippen molar-refractivity contribution in [3.8, 4) is 0 Å². The summed E-state index contributed by atoms with van der Waals surface area (Å²) >= 11 is -0.979. The Balaban J connectivity index is 3.34. The Morgan fingerprint density at radius 1 is 0.800 bits per heavy atom. The minimum Gasteiger partial charge on any atom is -0.324 e. The van der Waals surface area contributed by atoms with E-state index in [1.165, 1.54) is 67.1 Å². The molecule has 0 heterocycles. The summed E-state index contributed by atoms with van der Waals surface area (Å²) in [4.78, 5) is 10.9. The maximum Gasteiger partial charge on any atom is 0.360 e. The first kappa shape index (κ1) is 15.2.